The minimum atomic E-state index is -3.02. The van der Waals surface area contributed by atoms with E-state index < -0.39 is 10.0 Å². The van der Waals surface area contributed by atoms with Crippen molar-refractivity contribution in [3.8, 4) is 0 Å². The van der Waals surface area contributed by atoms with Crippen molar-refractivity contribution in [3.05, 3.63) is 35.9 Å². The molecule has 2 bridgehead atoms. The minimum Gasteiger partial charge on any atom is -0.212 e. The molecule has 3 rings (SSSR count). The van der Waals surface area contributed by atoms with Gasteiger partial charge in [-0.2, -0.15) is 4.31 Å². The lowest BCUT2D eigenvalue weighted by molar-refractivity contribution is 0.191. The number of hydrogen-bond donors (Lipinski definition) is 0. The molecular formula is C15H21NO2S. The van der Waals surface area contributed by atoms with E-state index in [1.165, 1.54) is 11.8 Å². The van der Waals surface area contributed by atoms with Gasteiger partial charge in [0, 0.05) is 12.1 Å². The van der Waals surface area contributed by atoms with Crippen molar-refractivity contribution in [3.63, 3.8) is 0 Å². The van der Waals surface area contributed by atoms with Crippen LogP contribution in [0.5, 0.6) is 0 Å². The Bertz CT molecular complexity index is 527. The summed E-state index contributed by atoms with van der Waals surface area (Å²) in [6, 6.07) is 11.0. The molecule has 2 aliphatic rings. The van der Waals surface area contributed by atoms with Gasteiger partial charge in [0.15, 0.2) is 0 Å². The molecular weight excluding hydrogens is 258 g/mol. The van der Waals surface area contributed by atoms with Crippen molar-refractivity contribution in [2.75, 3.05) is 6.26 Å². The monoisotopic (exact) mass is 279 g/mol. The number of nitrogens with zero attached hydrogens (tertiary/aromatic N) is 1. The summed E-state index contributed by atoms with van der Waals surface area (Å²) in [6.07, 6.45) is 6.59. The average molecular weight is 279 g/mol. The Kier molecular flexibility index (Phi) is 3.39. The Morgan fingerprint density at radius 3 is 2.21 bits per heavy atom. The average Bonchev–Trinajstić information content (AvgIpc) is 2.64. The van der Waals surface area contributed by atoms with Crippen LogP contribution in [0.1, 0.15) is 31.2 Å². The molecule has 0 spiro atoms. The molecule has 104 valence electrons. The maximum atomic E-state index is 11.8. The molecule has 4 heteroatoms. The zero-order valence-electron chi connectivity index (χ0n) is 11.3. The fraction of sp³-hybridized carbons (Fsp3) is 0.600. The maximum Gasteiger partial charge on any atom is 0.211 e. The highest BCUT2D eigenvalue weighted by Crippen LogP contribution is 2.41. The van der Waals surface area contributed by atoms with E-state index in [1.807, 2.05) is 6.07 Å². The normalized spacial score (nSPS) is 31.5. The van der Waals surface area contributed by atoms with Crippen LogP contribution < -0.4 is 0 Å². The van der Waals surface area contributed by atoms with E-state index in [1.54, 1.807) is 4.31 Å². The fourth-order valence-electron chi connectivity index (χ4n) is 3.90. The van der Waals surface area contributed by atoms with Crippen LogP contribution in [0.25, 0.3) is 0 Å². The summed E-state index contributed by atoms with van der Waals surface area (Å²) in [5.41, 5.74) is 1.37. The molecule has 2 unspecified atom stereocenters. The van der Waals surface area contributed by atoms with Crippen LogP contribution >= 0.6 is 0 Å². The van der Waals surface area contributed by atoms with Crippen molar-refractivity contribution in [1.29, 1.82) is 0 Å². The van der Waals surface area contributed by atoms with E-state index in [0.717, 1.165) is 32.1 Å². The summed E-state index contributed by atoms with van der Waals surface area (Å²) in [7, 11) is -3.02. The summed E-state index contributed by atoms with van der Waals surface area (Å²) in [5.74, 6) is 0.637. The van der Waals surface area contributed by atoms with Crippen molar-refractivity contribution < 1.29 is 8.42 Å². The van der Waals surface area contributed by atoms with Crippen LogP contribution in [0.4, 0.5) is 0 Å². The standard InChI is InChI=1S/C15H21NO2S/c1-19(17,18)16-14-7-8-15(16)11-13(10-14)9-12-5-3-2-4-6-12/h2-6,13-15H,7-11H2,1H3/t13?,14-,15?/m1/s1. The summed E-state index contributed by atoms with van der Waals surface area (Å²) < 4.78 is 25.5. The van der Waals surface area contributed by atoms with Gasteiger partial charge in [0.2, 0.25) is 10.0 Å². The highest BCUT2D eigenvalue weighted by molar-refractivity contribution is 7.88. The number of fused-ring (bicyclic) bond motifs is 2. The van der Waals surface area contributed by atoms with Crippen LogP contribution in [0.2, 0.25) is 0 Å². The number of sulfonamides is 1. The van der Waals surface area contributed by atoms with Gasteiger partial charge in [0.05, 0.1) is 6.26 Å². The summed E-state index contributed by atoms with van der Waals surface area (Å²) >= 11 is 0. The third-order valence-electron chi connectivity index (χ3n) is 4.51. The zero-order chi connectivity index (χ0) is 13.5. The molecule has 0 N–H and O–H groups in total. The van der Waals surface area contributed by atoms with Crippen LogP contribution in [-0.4, -0.2) is 31.1 Å². The fourth-order valence-corrected chi connectivity index (χ4v) is 5.37. The Hall–Kier alpha value is -0.870. The lowest BCUT2D eigenvalue weighted by Crippen LogP contribution is -2.46. The highest BCUT2D eigenvalue weighted by Gasteiger charge is 2.44. The van der Waals surface area contributed by atoms with Crippen molar-refractivity contribution in [2.24, 2.45) is 5.92 Å². The van der Waals surface area contributed by atoms with E-state index in [0.29, 0.717) is 5.92 Å². The third kappa shape index (κ3) is 2.70. The molecule has 2 saturated heterocycles. The maximum absolute atomic E-state index is 11.8. The van der Waals surface area contributed by atoms with Gasteiger partial charge in [0.1, 0.15) is 0 Å². The minimum absolute atomic E-state index is 0.252. The second-order valence-electron chi connectivity index (χ2n) is 6.01. The van der Waals surface area contributed by atoms with Gasteiger partial charge >= 0.3 is 0 Å². The molecule has 0 aromatic heterocycles. The number of hydrogen-bond acceptors (Lipinski definition) is 2. The van der Waals surface area contributed by atoms with Crippen LogP contribution in [0, 0.1) is 5.92 Å². The van der Waals surface area contributed by atoms with Gasteiger partial charge in [-0.25, -0.2) is 8.42 Å². The molecule has 0 radical (unpaired) electrons. The molecule has 0 aliphatic carbocycles. The van der Waals surface area contributed by atoms with Gasteiger partial charge in [-0.15, -0.1) is 0 Å². The first-order valence-electron chi connectivity index (χ1n) is 7.06. The zero-order valence-corrected chi connectivity index (χ0v) is 12.1. The second-order valence-corrected chi connectivity index (χ2v) is 7.89. The van der Waals surface area contributed by atoms with E-state index in [2.05, 4.69) is 24.3 Å². The molecule has 2 fully saturated rings. The summed E-state index contributed by atoms with van der Waals surface area (Å²) in [4.78, 5) is 0. The highest BCUT2D eigenvalue weighted by atomic mass is 32.2. The summed E-state index contributed by atoms with van der Waals surface area (Å²) in [5, 5.41) is 0. The Labute approximate surface area is 115 Å². The molecule has 1 aromatic rings. The van der Waals surface area contributed by atoms with E-state index >= 15 is 0 Å². The second kappa shape index (κ2) is 4.91. The van der Waals surface area contributed by atoms with E-state index in [4.69, 9.17) is 0 Å². The molecule has 2 heterocycles. The van der Waals surface area contributed by atoms with Gasteiger partial charge in [0.25, 0.3) is 0 Å². The number of rotatable bonds is 3. The third-order valence-corrected chi connectivity index (χ3v) is 5.88. The van der Waals surface area contributed by atoms with Crippen LogP contribution in [0.3, 0.4) is 0 Å². The first kappa shape index (κ1) is 13.1. The first-order chi connectivity index (χ1) is 9.04. The van der Waals surface area contributed by atoms with E-state index in [-0.39, 0.29) is 12.1 Å². The predicted molar refractivity (Wildman–Crippen MR) is 76.4 cm³/mol. The smallest absolute Gasteiger partial charge is 0.211 e. The van der Waals surface area contributed by atoms with Crippen molar-refractivity contribution >= 4 is 10.0 Å². The molecule has 3 nitrogen and oxygen atoms in total. The summed E-state index contributed by atoms with van der Waals surface area (Å²) in [6.45, 7) is 0. The molecule has 2 aliphatic heterocycles. The van der Waals surface area contributed by atoms with Crippen LogP contribution in [-0.2, 0) is 16.4 Å². The largest absolute Gasteiger partial charge is 0.212 e. The van der Waals surface area contributed by atoms with Gasteiger partial charge in [-0.05, 0) is 43.6 Å². The van der Waals surface area contributed by atoms with Gasteiger partial charge in [-0.3, -0.25) is 0 Å². The van der Waals surface area contributed by atoms with Gasteiger partial charge < -0.3 is 0 Å². The predicted octanol–water partition coefficient (Wildman–Crippen LogP) is 2.43. The Morgan fingerprint density at radius 1 is 1.11 bits per heavy atom. The van der Waals surface area contributed by atoms with Crippen molar-refractivity contribution in [2.45, 2.75) is 44.2 Å². The lowest BCUT2D eigenvalue weighted by atomic mass is 9.87. The number of benzene rings is 1. The Balaban J connectivity index is 1.71. The quantitative estimate of drug-likeness (QED) is 0.852. The molecule has 0 amide bonds. The van der Waals surface area contributed by atoms with Crippen LogP contribution in [0.15, 0.2) is 30.3 Å². The molecule has 1 aromatic carbocycles. The Morgan fingerprint density at radius 2 is 1.68 bits per heavy atom. The van der Waals surface area contributed by atoms with E-state index in [9.17, 15) is 8.42 Å². The van der Waals surface area contributed by atoms with Gasteiger partial charge in [-0.1, -0.05) is 30.3 Å². The molecule has 3 atom stereocenters. The molecule has 0 saturated carbocycles. The molecule has 19 heavy (non-hydrogen) atoms. The van der Waals surface area contributed by atoms with Crippen molar-refractivity contribution in [1.82, 2.24) is 4.31 Å². The topological polar surface area (TPSA) is 37.4 Å². The SMILES string of the molecule is CS(=O)(=O)N1C2CC[C@@H]1CC(Cc1ccccc1)C2. The lowest BCUT2D eigenvalue weighted by Gasteiger charge is -2.37. The number of piperidine rings is 1. The first-order valence-corrected chi connectivity index (χ1v) is 8.91.